The molecule has 0 aliphatic carbocycles. The van der Waals surface area contributed by atoms with Crippen LogP contribution in [0.2, 0.25) is 0 Å². The molecule has 122 valence electrons. The van der Waals surface area contributed by atoms with Crippen LogP contribution in [0.3, 0.4) is 0 Å². The van der Waals surface area contributed by atoms with E-state index in [1.807, 2.05) is 34.2 Å². The van der Waals surface area contributed by atoms with E-state index in [-0.39, 0.29) is 0 Å². The summed E-state index contributed by atoms with van der Waals surface area (Å²) in [4.78, 5) is 5.56. The molecule has 4 heterocycles. The van der Waals surface area contributed by atoms with Crippen molar-refractivity contribution in [1.29, 1.82) is 0 Å². The van der Waals surface area contributed by atoms with E-state index in [1.54, 1.807) is 35.6 Å². The Kier molecular flexibility index (Phi) is 4.22. The Morgan fingerprint density at radius 1 is 1.21 bits per heavy atom. The molecule has 4 rings (SSSR count). The summed E-state index contributed by atoms with van der Waals surface area (Å²) in [7, 11) is 0. The van der Waals surface area contributed by atoms with E-state index in [2.05, 4.69) is 22.1 Å². The molecule has 0 bridgehead atoms. The predicted octanol–water partition coefficient (Wildman–Crippen LogP) is 4.57. The fourth-order valence-corrected chi connectivity index (χ4v) is 3.83. The highest BCUT2D eigenvalue weighted by Gasteiger charge is 2.16. The zero-order chi connectivity index (χ0) is 16.4. The molecule has 24 heavy (non-hydrogen) atoms. The molecule has 4 aromatic rings. The topological polar surface area (TPSA) is 69.9 Å². The molecule has 0 radical (unpaired) electrons. The second kappa shape index (κ2) is 6.66. The zero-order valence-corrected chi connectivity index (χ0v) is 14.5. The number of aromatic nitrogens is 4. The molecule has 0 atom stereocenters. The van der Waals surface area contributed by atoms with Crippen molar-refractivity contribution >= 4 is 23.1 Å². The van der Waals surface area contributed by atoms with Crippen LogP contribution >= 0.6 is 23.1 Å². The van der Waals surface area contributed by atoms with Crippen molar-refractivity contribution in [3.63, 3.8) is 0 Å². The average molecular weight is 358 g/mol. The van der Waals surface area contributed by atoms with Gasteiger partial charge in [0.1, 0.15) is 6.26 Å². The van der Waals surface area contributed by atoms with Gasteiger partial charge in [-0.3, -0.25) is 4.57 Å². The normalized spacial score (nSPS) is 11.2. The second-order valence-electron chi connectivity index (χ2n) is 4.94. The SMILES string of the molecule is CCn1c(SCc2coc(-c3cccs3)n2)nnc1-c1ccco1. The monoisotopic (exact) mass is 358 g/mol. The van der Waals surface area contributed by atoms with E-state index in [0.29, 0.717) is 11.6 Å². The molecule has 0 spiro atoms. The van der Waals surface area contributed by atoms with E-state index in [1.165, 1.54) is 0 Å². The number of nitrogens with zero attached hydrogens (tertiary/aromatic N) is 4. The van der Waals surface area contributed by atoms with Crippen LogP contribution in [0, 0.1) is 0 Å². The minimum atomic E-state index is 0.661. The van der Waals surface area contributed by atoms with E-state index in [4.69, 9.17) is 8.83 Å². The van der Waals surface area contributed by atoms with Gasteiger partial charge in [-0.05, 0) is 30.5 Å². The third kappa shape index (κ3) is 2.90. The van der Waals surface area contributed by atoms with Crippen LogP contribution < -0.4 is 0 Å². The Morgan fingerprint density at radius 3 is 2.92 bits per heavy atom. The first-order chi connectivity index (χ1) is 11.8. The molecule has 0 N–H and O–H groups in total. The van der Waals surface area contributed by atoms with Crippen molar-refractivity contribution < 1.29 is 8.83 Å². The Bertz CT molecular complexity index is 910. The number of oxazole rings is 1. The van der Waals surface area contributed by atoms with Crippen LogP contribution in [0.1, 0.15) is 12.6 Å². The molecule has 6 nitrogen and oxygen atoms in total. The summed E-state index contributed by atoms with van der Waals surface area (Å²) < 4.78 is 13.0. The van der Waals surface area contributed by atoms with Gasteiger partial charge in [0.05, 0.1) is 16.8 Å². The van der Waals surface area contributed by atoms with E-state index < -0.39 is 0 Å². The lowest BCUT2D eigenvalue weighted by Crippen LogP contribution is -1.99. The van der Waals surface area contributed by atoms with Crippen molar-refractivity contribution in [2.75, 3.05) is 0 Å². The first-order valence-corrected chi connectivity index (χ1v) is 9.30. The second-order valence-corrected chi connectivity index (χ2v) is 6.83. The van der Waals surface area contributed by atoms with Crippen LogP contribution in [0.25, 0.3) is 22.4 Å². The Labute approximate surface area is 146 Å². The molecule has 0 aliphatic heterocycles. The van der Waals surface area contributed by atoms with E-state index in [9.17, 15) is 0 Å². The average Bonchev–Trinajstić information content (AvgIpc) is 3.40. The van der Waals surface area contributed by atoms with Crippen molar-refractivity contribution in [3.8, 4) is 22.4 Å². The number of thioether (sulfide) groups is 1. The maximum atomic E-state index is 5.55. The fraction of sp³-hybridized carbons (Fsp3) is 0.188. The summed E-state index contributed by atoms with van der Waals surface area (Å²) in [5.41, 5.74) is 0.883. The molecular weight excluding hydrogens is 344 g/mol. The third-order valence-electron chi connectivity index (χ3n) is 3.41. The van der Waals surface area contributed by atoms with Crippen molar-refractivity contribution in [2.24, 2.45) is 0 Å². The van der Waals surface area contributed by atoms with Gasteiger partial charge in [-0.15, -0.1) is 21.5 Å². The highest BCUT2D eigenvalue weighted by atomic mass is 32.2. The molecule has 0 aliphatic rings. The van der Waals surface area contributed by atoms with Crippen LogP contribution in [-0.4, -0.2) is 19.7 Å². The van der Waals surface area contributed by atoms with E-state index in [0.717, 1.165) is 33.9 Å². The van der Waals surface area contributed by atoms with Crippen molar-refractivity contribution in [2.45, 2.75) is 24.4 Å². The third-order valence-corrected chi connectivity index (χ3v) is 5.27. The van der Waals surface area contributed by atoms with Crippen molar-refractivity contribution in [3.05, 3.63) is 47.9 Å². The van der Waals surface area contributed by atoms with Crippen LogP contribution in [-0.2, 0) is 12.3 Å². The van der Waals surface area contributed by atoms with Gasteiger partial charge >= 0.3 is 0 Å². The number of thiophene rings is 1. The maximum absolute atomic E-state index is 5.55. The van der Waals surface area contributed by atoms with Gasteiger partial charge in [0.15, 0.2) is 16.7 Å². The molecule has 8 heteroatoms. The van der Waals surface area contributed by atoms with Gasteiger partial charge in [0.25, 0.3) is 0 Å². The molecule has 0 unspecified atom stereocenters. The van der Waals surface area contributed by atoms with Gasteiger partial charge in [-0.2, -0.15) is 0 Å². The minimum Gasteiger partial charge on any atom is -0.461 e. The van der Waals surface area contributed by atoms with Gasteiger partial charge in [-0.1, -0.05) is 17.8 Å². The summed E-state index contributed by atoms with van der Waals surface area (Å²) >= 11 is 3.19. The van der Waals surface area contributed by atoms with Gasteiger partial charge < -0.3 is 8.83 Å². The standard InChI is InChI=1S/C16H14N4O2S2/c1-2-20-14(12-5-3-7-21-12)18-19-16(20)24-10-11-9-22-15(17-11)13-6-4-8-23-13/h3-9H,2,10H2,1H3. The number of hydrogen-bond acceptors (Lipinski definition) is 7. The van der Waals surface area contributed by atoms with Crippen LogP contribution in [0.5, 0.6) is 0 Å². The van der Waals surface area contributed by atoms with Gasteiger partial charge in [0.2, 0.25) is 5.89 Å². The van der Waals surface area contributed by atoms with Crippen LogP contribution in [0.15, 0.2) is 56.2 Å². The first-order valence-electron chi connectivity index (χ1n) is 7.43. The quantitative estimate of drug-likeness (QED) is 0.470. The lowest BCUT2D eigenvalue weighted by Gasteiger charge is -2.04. The van der Waals surface area contributed by atoms with Gasteiger partial charge in [0, 0.05) is 12.3 Å². The molecule has 4 aromatic heterocycles. The van der Waals surface area contributed by atoms with Gasteiger partial charge in [-0.25, -0.2) is 4.98 Å². The lowest BCUT2D eigenvalue weighted by molar-refractivity contribution is 0.567. The highest BCUT2D eigenvalue weighted by molar-refractivity contribution is 7.98. The molecule has 0 amide bonds. The minimum absolute atomic E-state index is 0.661. The highest BCUT2D eigenvalue weighted by Crippen LogP contribution is 2.28. The summed E-state index contributed by atoms with van der Waals surface area (Å²) in [5, 5.41) is 11.4. The van der Waals surface area contributed by atoms with E-state index >= 15 is 0 Å². The Balaban J connectivity index is 1.50. The summed E-state index contributed by atoms with van der Waals surface area (Å²) in [6.45, 7) is 2.83. The summed E-state index contributed by atoms with van der Waals surface area (Å²) in [6.07, 6.45) is 3.33. The van der Waals surface area contributed by atoms with Crippen LogP contribution in [0.4, 0.5) is 0 Å². The molecular formula is C16H14N4O2S2. The molecule has 0 fully saturated rings. The Morgan fingerprint density at radius 2 is 2.17 bits per heavy atom. The fourth-order valence-electron chi connectivity index (χ4n) is 2.29. The zero-order valence-electron chi connectivity index (χ0n) is 12.9. The number of hydrogen-bond donors (Lipinski definition) is 0. The summed E-state index contributed by atoms with van der Waals surface area (Å²) in [6, 6.07) is 7.71. The number of rotatable bonds is 6. The largest absolute Gasteiger partial charge is 0.461 e. The molecule has 0 saturated heterocycles. The maximum Gasteiger partial charge on any atom is 0.236 e. The molecule has 0 aromatic carbocycles. The molecule has 0 saturated carbocycles. The smallest absolute Gasteiger partial charge is 0.236 e. The predicted molar refractivity (Wildman–Crippen MR) is 92.8 cm³/mol. The Hall–Kier alpha value is -2.32. The first kappa shape index (κ1) is 15.2. The lowest BCUT2D eigenvalue weighted by atomic mass is 10.4. The number of furan rings is 1. The van der Waals surface area contributed by atoms with Crippen molar-refractivity contribution in [1.82, 2.24) is 19.7 Å². The summed E-state index contributed by atoms with van der Waals surface area (Å²) in [5.74, 6) is 2.79.